The van der Waals surface area contributed by atoms with Crippen molar-refractivity contribution in [3.63, 3.8) is 0 Å². The number of aromatic nitrogens is 2. The third kappa shape index (κ3) is 3.84. The lowest BCUT2D eigenvalue weighted by atomic mass is 10.1. The van der Waals surface area contributed by atoms with Crippen LogP contribution >= 0.6 is 0 Å². The Kier molecular flexibility index (Phi) is 5.54. The van der Waals surface area contributed by atoms with Crippen molar-refractivity contribution in [2.24, 2.45) is 0 Å². The van der Waals surface area contributed by atoms with Gasteiger partial charge in [0.1, 0.15) is 12.3 Å². The van der Waals surface area contributed by atoms with E-state index in [-0.39, 0.29) is 24.1 Å². The predicted octanol–water partition coefficient (Wildman–Crippen LogP) is 3.01. The molecule has 3 rings (SSSR count). The van der Waals surface area contributed by atoms with E-state index in [1.165, 1.54) is 10.8 Å². The smallest absolute Gasteiger partial charge is 0.269 e. The average Bonchev–Trinajstić information content (AvgIpc) is 2.70. The van der Waals surface area contributed by atoms with Crippen LogP contribution in [-0.2, 0) is 11.3 Å². The number of ether oxygens (including phenoxy) is 1. The normalized spacial score (nSPS) is 12.0. The van der Waals surface area contributed by atoms with Gasteiger partial charge in [0, 0.05) is 6.54 Å². The first-order valence-electron chi connectivity index (χ1n) is 8.93. The van der Waals surface area contributed by atoms with Crippen LogP contribution < -0.4 is 10.3 Å². The van der Waals surface area contributed by atoms with Crippen molar-refractivity contribution in [1.29, 1.82) is 0 Å². The SMILES string of the molecule is CCN(C(=O)Cn1c(=O)cnc2ccccc21)C(C)c1cccc(OC)c1. The first kappa shape index (κ1) is 18.6. The molecular weight excluding hydrogens is 342 g/mol. The molecule has 0 radical (unpaired) electrons. The van der Waals surface area contributed by atoms with Crippen LogP contribution in [0, 0.1) is 0 Å². The highest BCUT2D eigenvalue weighted by molar-refractivity contribution is 5.80. The fraction of sp³-hybridized carbons (Fsp3) is 0.286. The molecule has 0 fully saturated rings. The van der Waals surface area contributed by atoms with Crippen molar-refractivity contribution < 1.29 is 9.53 Å². The molecule has 1 unspecified atom stereocenters. The van der Waals surface area contributed by atoms with Crippen LogP contribution in [0.5, 0.6) is 5.75 Å². The molecule has 6 heteroatoms. The number of carbonyl (C=O) groups is 1. The minimum atomic E-state index is -0.285. The first-order valence-corrected chi connectivity index (χ1v) is 8.93. The van der Waals surface area contributed by atoms with Crippen LogP contribution in [0.3, 0.4) is 0 Å². The molecule has 0 N–H and O–H groups in total. The van der Waals surface area contributed by atoms with E-state index in [4.69, 9.17) is 4.74 Å². The number of benzene rings is 2. The topological polar surface area (TPSA) is 64.4 Å². The number of hydrogen-bond acceptors (Lipinski definition) is 4. The van der Waals surface area contributed by atoms with Crippen molar-refractivity contribution >= 4 is 16.9 Å². The monoisotopic (exact) mass is 365 g/mol. The molecule has 1 amide bonds. The van der Waals surface area contributed by atoms with E-state index in [0.29, 0.717) is 17.6 Å². The quantitative estimate of drug-likeness (QED) is 0.674. The van der Waals surface area contributed by atoms with Gasteiger partial charge in [0.15, 0.2) is 0 Å². The largest absolute Gasteiger partial charge is 0.497 e. The van der Waals surface area contributed by atoms with E-state index in [0.717, 1.165) is 11.3 Å². The van der Waals surface area contributed by atoms with Gasteiger partial charge < -0.3 is 9.64 Å². The number of para-hydroxylation sites is 2. The summed E-state index contributed by atoms with van der Waals surface area (Å²) in [5.41, 5.74) is 2.04. The molecular formula is C21H23N3O3. The summed E-state index contributed by atoms with van der Waals surface area (Å²) in [5, 5.41) is 0. The van der Waals surface area contributed by atoms with Crippen LogP contribution in [0.1, 0.15) is 25.5 Å². The molecule has 0 aliphatic heterocycles. The van der Waals surface area contributed by atoms with Crippen molar-refractivity contribution in [2.75, 3.05) is 13.7 Å². The van der Waals surface area contributed by atoms with Gasteiger partial charge in [0.05, 0.1) is 30.4 Å². The maximum atomic E-state index is 13.0. The van der Waals surface area contributed by atoms with E-state index in [1.54, 1.807) is 18.1 Å². The summed E-state index contributed by atoms with van der Waals surface area (Å²) in [6.45, 7) is 4.42. The molecule has 6 nitrogen and oxygen atoms in total. The second-order valence-electron chi connectivity index (χ2n) is 6.30. The Bertz CT molecular complexity index is 1010. The van der Waals surface area contributed by atoms with E-state index in [2.05, 4.69) is 4.98 Å². The highest BCUT2D eigenvalue weighted by Crippen LogP contribution is 2.24. The van der Waals surface area contributed by atoms with Crippen LogP contribution in [0.15, 0.2) is 59.5 Å². The molecule has 0 aliphatic rings. The standard InChI is InChI=1S/C21H23N3O3/c1-4-23(15(2)16-8-7-9-17(12-16)27-3)21(26)14-24-19-11-6-5-10-18(19)22-13-20(24)25/h5-13,15H,4,14H2,1-3H3. The van der Waals surface area contributed by atoms with Gasteiger partial charge in [-0.25, -0.2) is 4.98 Å². The van der Waals surface area contributed by atoms with E-state index in [9.17, 15) is 9.59 Å². The highest BCUT2D eigenvalue weighted by atomic mass is 16.5. The Hall–Kier alpha value is -3.15. The number of likely N-dealkylation sites (N-methyl/N-ethyl adjacent to an activating group) is 1. The van der Waals surface area contributed by atoms with Gasteiger partial charge in [-0.2, -0.15) is 0 Å². The Morgan fingerprint density at radius 2 is 2.00 bits per heavy atom. The number of amides is 1. The fourth-order valence-corrected chi connectivity index (χ4v) is 3.25. The van der Waals surface area contributed by atoms with Gasteiger partial charge in [0.2, 0.25) is 5.91 Å². The number of hydrogen-bond donors (Lipinski definition) is 0. The molecule has 2 aromatic carbocycles. The lowest BCUT2D eigenvalue weighted by Gasteiger charge is -2.29. The van der Waals surface area contributed by atoms with Gasteiger partial charge in [-0.15, -0.1) is 0 Å². The summed E-state index contributed by atoms with van der Waals surface area (Å²) in [6, 6.07) is 14.9. The molecule has 0 saturated heterocycles. The Morgan fingerprint density at radius 1 is 1.22 bits per heavy atom. The third-order valence-corrected chi connectivity index (χ3v) is 4.75. The van der Waals surface area contributed by atoms with Gasteiger partial charge in [0.25, 0.3) is 5.56 Å². The summed E-state index contributed by atoms with van der Waals surface area (Å²) in [4.78, 5) is 31.2. The van der Waals surface area contributed by atoms with Gasteiger partial charge >= 0.3 is 0 Å². The van der Waals surface area contributed by atoms with Gasteiger partial charge in [-0.3, -0.25) is 14.2 Å². The van der Waals surface area contributed by atoms with Crippen molar-refractivity contribution in [3.8, 4) is 5.75 Å². The number of methoxy groups -OCH3 is 1. The van der Waals surface area contributed by atoms with Crippen LogP contribution in [0.4, 0.5) is 0 Å². The van der Waals surface area contributed by atoms with Crippen molar-refractivity contribution in [1.82, 2.24) is 14.5 Å². The molecule has 1 heterocycles. The lowest BCUT2D eigenvalue weighted by Crippen LogP contribution is -2.38. The van der Waals surface area contributed by atoms with E-state index in [1.807, 2.05) is 56.3 Å². The highest BCUT2D eigenvalue weighted by Gasteiger charge is 2.21. The summed E-state index contributed by atoms with van der Waals surface area (Å²) in [7, 11) is 1.62. The van der Waals surface area contributed by atoms with Gasteiger partial charge in [-0.1, -0.05) is 24.3 Å². The van der Waals surface area contributed by atoms with Crippen LogP contribution in [0.25, 0.3) is 11.0 Å². The molecule has 3 aromatic rings. The van der Waals surface area contributed by atoms with E-state index >= 15 is 0 Å². The zero-order chi connectivity index (χ0) is 19.4. The Labute approximate surface area is 158 Å². The number of nitrogens with zero attached hydrogens (tertiary/aromatic N) is 3. The maximum absolute atomic E-state index is 13.0. The van der Waals surface area contributed by atoms with Crippen molar-refractivity contribution in [2.45, 2.75) is 26.4 Å². The molecule has 140 valence electrons. The molecule has 27 heavy (non-hydrogen) atoms. The summed E-state index contributed by atoms with van der Waals surface area (Å²) in [6.07, 6.45) is 1.26. The number of fused-ring (bicyclic) bond motifs is 1. The molecule has 1 aromatic heterocycles. The van der Waals surface area contributed by atoms with Crippen molar-refractivity contribution in [3.05, 3.63) is 70.6 Å². The summed E-state index contributed by atoms with van der Waals surface area (Å²) >= 11 is 0. The maximum Gasteiger partial charge on any atom is 0.269 e. The predicted molar refractivity (Wildman–Crippen MR) is 105 cm³/mol. The molecule has 0 bridgehead atoms. The second kappa shape index (κ2) is 8.03. The minimum absolute atomic E-state index is 0.0238. The molecule has 0 aliphatic carbocycles. The average molecular weight is 365 g/mol. The summed E-state index contributed by atoms with van der Waals surface area (Å²) < 4.78 is 6.76. The third-order valence-electron chi connectivity index (χ3n) is 4.75. The minimum Gasteiger partial charge on any atom is -0.497 e. The number of carbonyl (C=O) groups excluding carboxylic acids is 1. The fourth-order valence-electron chi connectivity index (χ4n) is 3.25. The second-order valence-corrected chi connectivity index (χ2v) is 6.30. The molecule has 1 atom stereocenters. The van der Waals surface area contributed by atoms with Gasteiger partial charge in [-0.05, 0) is 43.7 Å². The van der Waals surface area contributed by atoms with Crippen LogP contribution in [-0.4, -0.2) is 34.0 Å². The Morgan fingerprint density at radius 3 is 2.74 bits per heavy atom. The summed E-state index contributed by atoms with van der Waals surface area (Å²) in [5.74, 6) is 0.630. The Balaban J connectivity index is 1.90. The zero-order valence-corrected chi connectivity index (χ0v) is 15.8. The lowest BCUT2D eigenvalue weighted by molar-refractivity contribution is -0.133. The van der Waals surface area contributed by atoms with Crippen LogP contribution in [0.2, 0.25) is 0 Å². The molecule has 0 spiro atoms. The molecule has 0 saturated carbocycles. The first-order chi connectivity index (χ1) is 13.0. The number of rotatable bonds is 6. The van der Waals surface area contributed by atoms with E-state index < -0.39 is 0 Å². The zero-order valence-electron chi connectivity index (χ0n) is 15.8.